The molecule has 23 heavy (non-hydrogen) atoms. The second kappa shape index (κ2) is 5.07. The largest absolute Gasteiger partial charge is 0.477 e. The number of aliphatic hydroxyl groups excluding tert-OH is 1. The Bertz CT molecular complexity index is 746. The maximum absolute atomic E-state index is 12.6. The Balaban J connectivity index is 1.47. The number of carboxylic acids is 1. The van der Waals surface area contributed by atoms with E-state index in [-0.39, 0.29) is 22.3 Å². The minimum Gasteiger partial charge on any atom is -0.477 e. The third kappa shape index (κ3) is 2.44. The monoisotopic (exact) mass is 334 g/mol. The number of hydrogen-bond donors (Lipinski definition) is 3. The smallest absolute Gasteiger partial charge is 0.345 e. The van der Waals surface area contributed by atoms with E-state index in [0.717, 1.165) is 43.5 Å². The molecule has 122 valence electrons. The van der Waals surface area contributed by atoms with Gasteiger partial charge in [0.2, 0.25) is 0 Å². The summed E-state index contributed by atoms with van der Waals surface area (Å²) < 4.78 is 0.793. The van der Waals surface area contributed by atoms with Crippen LogP contribution in [0.4, 0.5) is 0 Å². The van der Waals surface area contributed by atoms with E-state index in [9.17, 15) is 14.7 Å². The number of H-pyrrole nitrogens is 1. The molecule has 0 unspecified atom stereocenters. The SMILES string of the molecule is O=C(O)c1cc2[nH]c(C(=O)N3CCC4(CC3)CC(O)C4)cc2s1. The molecule has 2 fully saturated rings. The third-order valence-electron chi connectivity index (χ3n) is 5.20. The van der Waals surface area contributed by atoms with Crippen molar-refractivity contribution in [1.29, 1.82) is 0 Å². The van der Waals surface area contributed by atoms with Gasteiger partial charge >= 0.3 is 5.97 Å². The highest BCUT2D eigenvalue weighted by Crippen LogP contribution is 2.49. The van der Waals surface area contributed by atoms with Gasteiger partial charge in [0.15, 0.2) is 0 Å². The Hall–Kier alpha value is -1.86. The predicted molar refractivity (Wildman–Crippen MR) is 85.9 cm³/mol. The van der Waals surface area contributed by atoms with E-state index in [1.54, 1.807) is 12.1 Å². The molecule has 0 bridgehead atoms. The highest BCUT2D eigenvalue weighted by molar-refractivity contribution is 7.20. The number of aromatic nitrogens is 1. The van der Waals surface area contributed by atoms with Crippen LogP contribution in [0.2, 0.25) is 0 Å². The number of likely N-dealkylation sites (tertiary alicyclic amines) is 1. The Kier molecular flexibility index (Phi) is 3.24. The second-order valence-corrected chi connectivity index (χ2v) is 7.81. The first-order valence-electron chi connectivity index (χ1n) is 7.79. The van der Waals surface area contributed by atoms with Crippen LogP contribution in [0, 0.1) is 5.41 Å². The first-order chi connectivity index (χ1) is 11.0. The van der Waals surface area contributed by atoms with Crippen LogP contribution in [-0.2, 0) is 0 Å². The number of thiophene rings is 1. The van der Waals surface area contributed by atoms with Crippen molar-refractivity contribution in [2.24, 2.45) is 5.41 Å². The Morgan fingerprint density at radius 1 is 1.26 bits per heavy atom. The molecule has 1 amide bonds. The van der Waals surface area contributed by atoms with Gasteiger partial charge < -0.3 is 20.1 Å². The maximum Gasteiger partial charge on any atom is 0.345 e. The Labute approximate surface area is 136 Å². The lowest BCUT2D eigenvalue weighted by Gasteiger charge is -2.50. The summed E-state index contributed by atoms with van der Waals surface area (Å²) in [6.45, 7) is 1.44. The summed E-state index contributed by atoms with van der Waals surface area (Å²) in [6, 6.07) is 3.31. The van der Waals surface area contributed by atoms with E-state index >= 15 is 0 Å². The maximum atomic E-state index is 12.6. The number of carboxylic acid groups (broad SMARTS) is 1. The van der Waals surface area contributed by atoms with Gasteiger partial charge in [-0.3, -0.25) is 4.79 Å². The summed E-state index contributed by atoms with van der Waals surface area (Å²) in [5.74, 6) is -0.975. The molecule has 1 spiro atoms. The molecule has 0 atom stereocenters. The number of amides is 1. The zero-order valence-corrected chi connectivity index (χ0v) is 13.4. The number of fused-ring (bicyclic) bond motifs is 1. The van der Waals surface area contributed by atoms with Gasteiger partial charge in [-0.2, -0.15) is 0 Å². The molecule has 6 nitrogen and oxygen atoms in total. The van der Waals surface area contributed by atoms with Gasteiger partial charge in [0.1, 0.15) is 10.6 Å². The van der Waals surface area contributed by atoms with Crippen LogP contribution in [0.1, 0.15) is 45.8 Å². The van der Waals surface area contributed by atoms with Gasteiger partial charge in [0.05, 0.1) is 16.3 Å². The quantitative estimate of drug-likeness (QED) is 0.785. The van der Waals surface area contributed by atoms with Crippen molar-refractivity contribution >= 4 is 33.4 Å². The van der Waals surface area contributed by atoms with Crippen LogP contribution >= 0.6 is 11.3 Å². The average molecular weight is 334 g/mol. The number of carbonyl (C=O) groups excluding carboxylic acids is 1. The standard InChI is InChI=1S/C16H18N2O4S/c19-9-7-16(8-9)1-3-18(4-2-16)14(20)11-6-12-10(17-11)5-13(23-12)15(21)22/h5-6,9,17,19H,1-4,7-8H2,(H,21,22). The van der Waals surface area contributed by atoms with Crippen LogP contribution in [0.3, 0.4) is 0 Å². The molecule has 7 heteroatoms. The lowest BCUT2D eigenvalue weighted by Crippen LogP contribution is -2.50. The number of nitrogens with zero attached hydrogens (tertiary/aromatic N) is 1. The fraction of sp³-hybridized carbons (Fsp3) is 0.500. The molecule has 2 aromatic rings. The van der Waals surface area contributed by atoms with Crippen molar-refractivity contribution in [2.75, 3.05) is 13.1 Å². The number of hydrogen-bond acceptors (Lipinski definition) is 4. The molecule has 0 aromatic carbocycles. The van der Waals surface area contributed by atoms with Crippen LogP contribution in [0.15, 0.2) is 12.1 Å². The van der Waals surface area contributed by atoms with Gasteiger partial charge in [-0.05, 0) is 43.2 Å². The summed E-state index contributed by atoms with van der Waals surface area (Å²) in [4.78, 5) is 28.7. The number of aromatic carboxylic acids is 1. The molecular weight excluding hydrogens is 316 g/mol. The highest BCUT2D eigenvalue weighted by atomic mass is 32.1. The minimum absolute atomic E-state index is 0.0278. The van der Waals surface area contributed by atoms with Crippen molar-refractivity contribution in [3.63, 3.8) is 0 Å². The normalized spacial score (nSPS) is 20.8. The fourth-order valence-corrected chi connectivity index (χ4v) is 4.74. The zero-order valence-electron chi connectivity index (χ0n) is 12.5. The van der Waals surface area contributed by atoms with Crippen molar-refractivity contribution in [1.82, 2.24) is 9.88 Å². The summed E-state index contributed by atoms with van der Waals surface area (Å²) in [7, 11) is 0. The fourth-order valence-electron chi connectivity index (χ4n) is 3.85. The van der Waals surface area contributed by atoms with E-state index in [4.69, 9.17) is 5.11 Å². The molecule has 2 aliphatic rings. The van der Waals surface area contributed by atoms with Gasteiger partial charge in [-0.25, -0.2) is 4.79 Å². The molecule has 4 rings (SSSR count). The summed E-state index contributed by atoms with van der Waals surface area (Å²) in [6.07, 6.45) is 3.48. The number of piperidine rings is 1. The van der Waals surface area contributed by atoms with Crippen molar-refractivity contribution in [3.05, 3.63) is 22.7 Å². The van der Waals surface area contributed by atoms with E-state index in [1.165, 1.54) is 11.3 Å². The summed E-state index contributed by atoms with van der Waals surface area (Å²) in [5.41, 5.74) is 1.47. The van der Waals surface area contributed by atoms with Gasteiger partial charge in [-0.15, -0.1) is 11.3 Å². The molecule has 3 N–H and O–H groups in total. The molecule has 3 heterocycles. The molecular formula is C16H18N2O4S. The highest BCUT2D eigenvalue weighted by Gasteiger charge is 2.45. The molecule has 1 aliphatic carbocycles. The molecule has 1 aliphatic heterocycles. The van der Waals surface area contributed by atoms with Crippen molar-refractivity contribution < 1.29 is 19.8 Å². The average Bonchev–Trinajstić information content (AvgIpc) is 3.04. The second-order valence-electron chi connectivity index (χ2n) is 6.73. The van der Waals surface area contributed by atoms with Crippen LogP contribution in [-0.4, -0.2) is 51.2 Å². The van der Waals surface area contributed by atoms with Crippen molar-refractivity contribution in [3.8, 4) is 0 Å². The van der Waals surface area contributed by atoms with Crippen molar-refractivity contribution in [2.45, 2.75) is 31.8 Å². The van der Waals surface area contributed by atoms with E-state index in [0.29, 0.717) is 11.2 Å². The lowest BCUT2D eigenvalue weighted by molar-refractivity contribution is -0.0637. The van der Waals surface area contributed by atoms with Crippen LogP contribution in [0.25, 0.3) is 10.2 Å². The summed E-state index contributed by atoms with van der Waals surface area (Å²) >= 11 is 1.17. The molecule has 0 radical (unpaired) electrons. The van der Waals surface area contributed by atoms with Crippen LogP contribution in [0.5, 0.6) is 0 Å². The lowest BCUT2D eigenvalue weighted by atomic mass is 9.61. The number of nitrogens with one attached hydrogen (secondary N) is 1. The number of aromatic amines is 1. The summed E-state index contributed by atoms with van der Waals surface area (Å²) in [5, 5.41) is 18.5. The third-order valence-corrected chi connectivity index (χ3v) is 6.27. The molecule has 1 saturated heterocycles. The topological polar surface area (TPSA) is 93.6 Å². The zero-order chi connectivity index (χ0) is 16.2. The van der Waals surface area contributed by atoms with Crippen LogP contribution < -0.4 is 0 Å². The number of aliphatic hydroxyl groups is 1. The number of carbonyl (C=O) groups is 2. The molecule has 2 aromatic heterocycles. The Morgan fingerprint density at radius 3 is 2.52 bits per heavy atom. The van der Waals surface area contributed by atoms with Gasteiger partial charge in [0.25, 0.3) is 5.91 Å². The first kappa shape index (κ1) is 14.7. The van der Waals surface area contributed by atoms with E-state index in [2.05, 4.69) is 4.98 Å². The number of rotatable bonds is 2. The van der Waals surface area contributed by atoms with Gasteiger partial charge in [0, 0.05) is 13.1 Å². The first-order valence-corrected chi connectivity index (χ1v) is 8.61. The minimum atomic E-state index is -0.948. The predicted octanol–water partition coefficient (Wildman–Crippen LogP) is 2.30. The van der Waals surface area contributed by atoms with E-state index in [1.807, 2.05) is 4.90 Å². The Morgan fingerprint density at radius 2 is 1.96 bits per heavy atom. The van der Waals surface area contributed by atoms with Gasteiger partial charge in [-0.1, -0.05) is 0 Å². The molecule has 1 saturated carbocycles. The van der Waals surface area contributed by atoms with E-state index < -0.39 is 5.97 Å².